The van der Waals surface area contributed by atoms with E-state index in [-0.39, 0.29) is 5.78 Å². The summed E-state index contributed by atoms with van der Waals surface area (Å²) in [6, 6.07) is 5.61. The van der Waals surface area contributed by atoms with Crippen LogP contribution in [0.5, 0.6) is 0 Å². The van der Waals surface area contributed by atoms with E-state index in [1.807, 2.05) is 25.1 Å². The Hall–Kier alpha value is -1.35. The first kappa shape index (κ1) is 18.0. The second-order valence-electron chi connectivity index (χ2n) is 6.37. The molecule has 1 aromatic carbocycles. The molecule has 0 radical (unpaired) electrons. The number of hydrogen-bond acceptors (Lipinski definition) is 3. The van der Waals surface area contributed by atoms with Gasteiger partial charge in [0, 0.05) is 17.0 Å². The maximum absolute atomic E-state index is 11.5. The van der Waals surface area contributed by atoms with Gasteiger partial charge in [-0.25, -0.2) is 0 Å². The summed E-state index contributed by atoms with van der Waals surface area (Å²) in [6.45, 7) is 4.33. The van der Waals surface area contributed by atoms with Gasteiger partial charge in [0.1, 0.15) is 12.4 Å². The molecule has 1 fully saturated rings. The van der Waals surface area contributed by atoms with Crippen molar-refractivity contribution in [2.24, 2.45) is 11.1 Å². The molecule has 126 valence electrons. The molecule has 2 rings (SSSR count). The molecule has 0 aromatic heterocycles. The van der Waals surface area contributed by atoms with E-state index in [2.05, 4.69) is 5.16 Å². The zero-order valence-electron chi connectivity index (χ0n) is 14.1. The van der Waals surface area contributed by atoms with Crippen molar-refractivity contribution in [1.82, 2.24) is 0 Å². The van der Waals surface area contributed by atoms with Crippen LogP contribution in [-0.2, 0) is 16.1 Å². The third kappa shape index (κ3) is 5.65. The summed E-state index contributed by atoms with van der Waals surface area (Å²) in [5.41, 5.74) is 2.75. The second-order valence-corrected chi connectivity index (χ2v) is 6.81. The lowest BCUT2D eigenvalue weighted by Gasteiger charge is -2.20. The number of oxime groups is 1. The Morgan fingerprint density at radius 1 is 1.30 bits per heavy atom. The van der Waals surface area contributed by atoms with E-state index < -0.39 is 0 Å². The number of Topliss-reactive ketones (excluding diaryl/α,β-unsaturated/α-hetero) is 1. The van der Waals surface area contributed by atoms with Crippen LogP contribution in [0.3, 0.4) is 0 Å². The molecule has 0 heterocycles. The van der Waals surface area contributed by atoms with Gasteiger partial charge in [-0.1, -0.05) is 49.0 Å². The van der Waals surface area contributed by atoms with Crippen molar-refractivity contribution in [3.05, 3.63) is 34.3 Å². The summed E-state index contributed by atoms with van der Waals surface area (Å²) in [5.74, 6) is 0.758. The first-order valence-corrected chi connectivity index (χ1v) is 8.95. The summed E-state index contributed by atoms with van der Waals surface area (Å²) in [5, 5.41) is 5.02. The van der Waals surface area contributed by atoms with Crippen LogP contribution in [-0.4, -0.2) is 18.1 Å². The number of carbonyl (C=O) groups is 1. The molecular formula is C19H26ClNO2. The largest absolute Gasteiger partial charge is 0.395 e. The van der Waals surface area contributed by atoms with Gasteiger partial charge in [-0.3, -0.25) is 4.79 Å². The van der Waals surface area contributed by atoms with Crippen LogP contribution >= 0.6 is 11.6 Å². The second kappa shape index (κ2) is 9.07. The molecule has 0 spiro atoms. The van der Waals surface area contributed by atoms with Crippen LogP contribution in [0.4, 0.5) is 0 Å². The minimum atomic E-state index is 0.132. The van der Waals surface area contributed by atoms with Crippen molar-refractivity contribution in [3.63, 3.8) is 0 Å². The van der Waals surface area contributed by atoms with Crippen molar-refractivity contribution in [3.8, 4) is 0 Å². The minimum absolute atomic E-state index is 0.132. The average Bonchev–Trinajstić information content (AvgIpc) is 2.54. The maximum atomic E-state index is 11.5. The van der Waals surface area contributed by atoms with Gasteiger partial charge in [0.15, 0.2) is 0 Å². The maximum Gasteiger partial charge on any atom is 0.134 e. The fourth-order valence-electron chi connectivity index (χ4n) is 3.12. The Morgan fingerprint density at radius 2 is 2.04 bits per heavy atom. The lowest BCUT2D eigenvalue weighted by Crippen LogP contribution is -2.13. The van der Waals surface area contributed by atoms with E-state index in [9.17, 15) is 4.79 Å². The summed E-state index contributed by atoms with van der Waals surface area (Å²) >= 11 is 6.13. The molecule has 0 amide bonds. The quantitative estimate of drug-likeness (QED) is 0.508. The molecule has 0 N–H and O–H groups in total. The van der Waals surface area contributed by atoms with E-state index in [0.717, 1.165) is 23.3 Å². The van der Waals surface area contributed by atoms with Crippen LogP contribution in [0.25, 0.3) is 0 Å². The van der Waals surface area contributed by atoms with Crippen LogP contribution in [0, 0.1) is 5.92 Å². The van der Waals surface area contributed by atoms with Gasteiger partial charge < -0.3 is 4.84 Å². The fraction of sp³-hybridized carbons (Fsp3) is 0.579. The predicted molar refractivity (Wildman–Crippen MR) is 95.2 cm³/mol. The smallest absolute Gasteiger partial charge is 0.134 e. The highest BCUT2D eigenvalue weighted by molar-refractivity contribution is 6.31. The number of nitrogens with zero attached hydrogens (tertiary/aromatic N) is 1. The van der Waals surface area contributed by atoms with Crippen molar-refractivity contribution in [1.29, 1.82) is 0 Å². The summed E-state index contributed by atoms with van der Waals surface area (Å²) in [7, 11) is 0. The Morgan fingerprint density at radius 3 is 2.70 bits per heavy atom. The minimum Gasteiger partial charge on any atom is -0.395 e. The average molecular weight is 336 g/mol. The highest BCUT2D eigenvalue weighted by Crippen LogP contribution is 2.24. The monoisotopic (exact) mass is 335 g/mol. The van der Waals surface area contributed by atoms with Crippen LogP contribution in [0.2, 0.25) is 5.02 Å². The molecule has 3 nitrogen and oxygen atoms in total. The van der Waals surface area contributed by atoms with Crippen LogP contribution < -0.4 is 0 Å². The van der Waals surface area contributed by atoms with Crippen LogP contribution in [0.15, 0.2) is 23.4 Å². The Bertz CT molecular complexity index is 562. The summed E-state index contributed by atoms with van der Waals surface area (Å²) < 4.78 is 0. The molecule has 1 saturated carbocycles. The van der Waals surface area contributed by atoms with Gasteiger partial charge in [-0.2, -0.15) is 0 Å². The molecule has 1 aliphatic carbocycles. The molecule has 0 saturated heterocycles. The Kier molecular flexibility index (Phi) is 7.10. The van der Waals surface area contributed by atoms with E-state index in [1.54, 1.807) is 6.92 Å². The Labute approximate surface area is 144 Å². The third-order valence-corrected chi connectivity index (χ3v) is 4.60. The highest BCUT2D eigenvalue weighted by Gasteiger charge is 2.15. The van der Waals surface area contributed by atoms with Crippen molar-refractivity contribution in [2.45, 2.75) is 58.8 Å². The van der Waals surface area contributed by atoms with Crippen molar-refractivity contribution in [2.75, 3.05) is 6.61 Å². The van der Waals surface area contributed by atoms with Gasteiger partial charge in [0.05, 0.1) is 5.71 Å². The van der Waals surface area contributed by atoms with E-state index in [4.69, 9.17) is 16.4 Å². The molecule has 1 aromatic rings. The highest BCUT2D eigenvalue weighted by atomic mass is 35.5. The number of rotatable bonds is 7. The molecular weight excluding hydrogens is 310 g/mol. The van der Waals surface area contributed by atoms with Gasteiger partial charge in [-0.15, -0.1) is 0 Å². The van der Waals surface area contributed by atoms with Crippen LogP contribution in [0.1, 0.15) is 63.5 Å². The van der Waals surface area contributed by atoms with E-state index in [0.29, 0.717) is 24.0 Å². The molecule has 23 heavy (non-hydrogen) atoms. The van der Waals surface area contributed by atoms with E-state index >= 15 is 0 Å². The van der Waals surface area contributed by atoms with Gasteiger partial charge in [0.25, 0.3) is 0 Å². The molecule has 0 unspecified atom stereocenters. The zero-order valence-corrected chi connectivity index (χ0v) is 14.9. The number of benzene rings is 1. The molecule has 0 bridgehead atoms. The number of carbonyl (C=O) groups excluding carboxylic acids is 1. The standard InChI is InChI=1S/C19H26ClNO2/c1-3-19(21-23-13-15-7-5-4-6-8-15)18-12-17(20)10-9-16(18)11-14(2)22/h9-10,12,15H,3-8,11,13H2,1-2H3/b21-19+. The zero-order chi connectivity index (χ0) is 16.7. The Balaban J connectivity index is 2.10. The SMILES string of the molecule is CC/C(=N\OCC1CCCCC1)c1cc(Cl)ccc1CC(C)=O. The molecule has 1 aliphatic rings. The lowest BCUT2D eigenvalue weighted by molar-refractivity contribution is -0.116. The molecule has 0 aliphatic heterocycles. The van der Waals surface area contributed by atoms with Gasteiger partial charge in [-0.05, 0) is 49.8 Å². The van der Waals surface area contributed by atoms with Gasteiger partial charge >= 0.3 is 0 Å². The third-order valence-electron chi connectivity index (χ3n) is 4.37. The summed E-state index contributed by atoms with van der Waals surface area (Å²) in [6.07, 6.45) is 7.57. The van der Waals surface area contributed by atoms with Crippen molar-refractivity contribution >= 4 is 23.1 Å². The predicted octanol–water partition coefficient (Wildman–Crippen LogP) is 5.18. The van der Waals surface area contributed by atoms with Crippen molar-refractivity contribution < 1.29 is 9.63 Å². The fourth-order valence-corrected chi connectivity index (χ4v) is 3.29. The number of hydrogen-bond donors (Lipinski definition) is 0. The molecule has 4 heteroatoms. The lowest BCUT2D eigenvalue weighted by atomic mass is 9.90. The molecule has 0 atom stereocenters. The first-order valence-electron chi connectivity index (χ1n) is 8.57. The summed E-state index contributed by atoms with van der Waals surface area (Å²) in [4.78, 5) is 17.1. The normalized spacial score (nSPS) is 16.4. The number of ketones is 1. The number of halogens is 1. The topological polar surface area (TPSA) is 38.7 Å². The van der Waals surface area contributed by atoms with E-state index in [1.165, 1.54) is 32.1 Å². The van der Waals surface area contributed by atoms with Gasteiger partial charge in [0.2, 0.25) is 0 Å². The first-order chi connectivity index (χ1) is 11.1.